The molecule has 1 saturated heterocycles. The maximum absolute atomic E-state index is 12.3. The van der Waals surface area contributed by atoms with E-state index in [0.717, 1.165) is 28.7 Å². The van der Waals surface area contributed by atoms with Crippen molar-refractivity contribution < 1.29 is 19.1 Å². The van der Waals surface area contributed by atoms with Crippen molar-refractivity contribution in [3.8, 4) is 11.1 Å². The van der Waals surface area contributed by atoms with E-state index in [2.05, 4.69) is 17.4 Å². The lowest BCUT2D eigenvalue weighted by atomic mass is 10.1. The van der Waals surface area contributed by atoms with Gasteiger partial charge in [0.15, 0.2) is 12.7 Å². The molecule has 1 atom stereocenters. The number of fused-ring (bicyclic) bond motifs is 3. The average Bonchev–Trinajstić information content (AvgIpc) is 3.28. The first-order valence-electron chi connectivity index (χ1n) is 8.50. The van der Waals surface area contributed by atoms with E-state index in [1.807, 2.05) is 36.4 Å². The smallest absolute Gasteiger partial charge is 0.335 e. The van der Waals surface area contributed by atoms with Crippen molar-refractivity contribution in [3.05, 3.63) is 59.7 Å². The van der Waals surface area contributed by atoms with E-state index in [4.69, 9.17) is 9.47 Å². The molecule has 128 valence electrons. The fraction of sp³-hybridized carbons (Fsp3) is 0.300. The van der Waals surface area contributed by atoms with Crippen LogP contribution in [-0.2, 0) is 19.1 Å². The van der Waals surface area contributed by atoms with Crippen LogP contribution in [0.25, 0.3) is 11.1 Å². The molecule has 0 bridgehead atoms. The fourth-order valence-electron chi connectivity index (χ4n) is 3.51. The zero-order valence-electron chi connectivity index (χ0n) is 13.7. The van der Waals surface area contributed by atoms with E-state index in [9.17, 15) is 9.59 Å². The first kappa shape index (κ1) is 15.8. The minimum Gasteiger partial charge on any atom is -0.454 e. The van der Waals surface area contributed by atoms with Gasteiger partial charge in [0.2, 0.25) is 0 Å². The molecule has 1 aliphatic heterocycles. The summed E-state index contributed by atoms with van der Waals surface area (Å²) < 4.78 is 10.4. The second-order valence-electron chi connectivity index (χ2n) is 6.28. The molecule has 1 fully saturated rings. The van der Waals surface area contributed by atoms with Gasteiger partial charge >= 0.3 is 5.97 Å². The van der Waals surface area contributed by atoms with Crippen LogP contribution in [0.4, 0.5) is 0 Å². The molecule has 1 aliphatic carbocycles. The Bertz CT molecular complexity index is 765. The first-order chi connectivity index (χ1) is 12.2. The van der Waals surface area contributed by atoms with Crippen molar-refractivity contribution in [1.82, 2.24) is 5.32 Å². The van der Waals surface area contributed by atoms with Gasteiger partial charge < -0.3 is 14.8 Å². The SMILES string of the molecule is O=C(COC(=O)C1CCCO1)NC1c2ccccc2-c2ccccc21. The molecule has 4 rings (SSSR count). The highest BCUT2D eigenvalue weighted by molar-refractivity contribution is 5.85. The number of esters is 1. The van der Waals surface area contributed by atoms with Gasteiger partial charge in [-0.3, -0.25) is 4.79 Å². The predicted molar refractivity (Wildman–Crippen MR) is 91.8 cm³/mol. The molecular formula is C20H19NO4. The molecule has 5 nitrogen and oxygen atoms in total. The number of amides is 1. The van der Waals surface area contributed by atoms with Gasteiger partial charge in [0.25, 0.3) is 5.91 Å². The summed E-state index contributed by atoms with van der Waals surface area (Å²) in [6.07, 6.45) is 0.978. The molecule has 1 N–H and O–H groups in total. The number of hydrogen-bond donors (Lipinski definition) is 1. The summed E-state index contributed by atoms with van der Waals surface area (Å²) in [5, 5.41) is 2.98. The fourth-order valence-corrected chi connectivity index (χ4v) is 3.51. The minimum atomic E-state index is -0.527. The maximum atomic E-state index is 12.3. The van der Waals surface area contributed by atoms with Gasteiger partial charge in [0.1, 0.15) is 0 Å². The highest BCUT2D eigenvalue weighted by Crippen LogP contribution is 2.42. The zero-order valence-corrected chi connectivity index (χ0v) is 13.7. The van der Waals surface area contributed by atoms with Crippen molar-refractivity contribution in [1.29, 1.82) is 0 Å². The molecule has 1 unspecified atom stereocenters. The summed E-state index contributed by atoms with van der Waals surface area (Å²) >= 11 is 0. The molecule has 1 heterocycles. The van der Waals surface area contributed by atoms with Crippen LogP contribution in [0.5, 0.6) is 0 Å². The Balaban J connectivity index is 1.45. The molecule has 25 heavy (non-hydrogen) atoms. The summed E-state index contributed by atoms with van der Waals surface area (Å²) in [6, 6.07) is 15.8. The molecule has 2 aromatic rings. The van der Waals surface area contributed by atoms with E-state index in [1.54, 1.807) is 0 Å². The summed E-state index contributed by atoms with van der Waals surface area (Å²) in [5.41, 5.74) is 4.37. The number of benzene rings is 2. The Labute approximate surface area is 145 Å². The normalized spacial score (nSPS) is 18.5. The molecule has 0 saturated carbocycles. The summed E-state index contributed by atoms with van der Waals surface area (Å²) in [4.78, 5) is 24.2. The number of carbonyl (C=O) groups is 2. The van der Waals surface area contributed by atoms with Crippen LogP contribution in [0.15, 0.2) is 48.5 Å². The third-order valence-electron chi connectivity index (χ3n) is 4.68. The Kier molecular flexibility index (Phi) is 4.24. The Morgan fingerprint density at radius 1 is 1.04 bits per heavy atom. The van der Waals surface area contributed by atoms with E-state index in [1.165, 1.54) is 0 Å². The van der Waals surface area contributed by atoms with Gasteiger partial charge in [-0.1, -0.05) is 48.5 Å². The number of hydrogen-bond acceptors (Lipinski definition) is 4. The van der Waals surface area contributed by atoms with Crippen molar-refractivity contribution in [2.45, 2.75) is 25.0 Å². The Morgan fingerprint density at radius 2 is 1.68 bits per heavy atom. The Hall–Kier alpha value is -2.66. The van der Waals surface area contributed by atoms with E-state index in [0.29, 0.717) is 13.0 Å². The second-order valence-corrected chi connectivity index (χ2v) is 6.28. The Morgan fingerprint density at radius 3 is 2.28 bits per heavy atom. The molecular weight excluding hydrogens is 318 g/mol. The second kappa shape index (κ2) is 6.69. The zero-order chi connectivity index (χ0) is 17.2. The highest BCUT2D eigenvalue weighted by atomic mass is 16.6. The van der Waals surface area contributed by atoms with Crippen molar-refractivity contribution in [3.63, 3.8) is 0 Å². The molecule has 2 aliphatic rings. The molecule has 5 heteroatoms. The number of ether oxygens (including phenoxy) is 2. The standard InChI is InChI=1S/C20H19NO4/c22-18(12-25-20(23)17-10-5-11-24-17)21-19-15-8-3-1-6-13(15)14-7-2-4-9-16(14)19/h1-4,6-9,17,19H,5,10-12H2,(H,21,22). The van der Waals surface area contributed by atoms with Gasteiger partial charge in [-0.25, -0.2) is 4.79 Å². The van der Waals surface area contributed by atoms with Gasteiger partial charge in [-0.15, -0.1) is 0 Å². The van der Waals surface area contributed by atoms with Crippen LogP contribution >= 0.6 is 0 Å². The minimum absolute atomic E-state index is 0.221. The van der Waals surface area contributed by atoms with Crippen molar-refractivity contribution in [2.24, 2.45) is 0 Å². The van der Waals surface area contributed by atoms with Crippen molar-refractivity contribution in [2.75, 3.05) is 13.2 Å². The maximum Gasteiger partial charge on any atom is 0.335 e. The number of nitrogens with one attached hydrogen (secondary N) is 1. The van der Waals surface area contributed by atoms with Crippen LogP contribution in [0.3, 0.4) is 0 Å². The van der Waals surface area contributed by atoms with Crippen LogP contribution < -0.4 is 5.32 Å². The molecule has 2 aromatic carbocycles. The van der Waals surface area contributed by atoms with Gasteiger partial charge in [-0.05, 0) is 35.1 Å². The van der Waals surface area contributed by atoms with Crippen LogP contribution in [0.1, 0.15) is 30.0 Å². The molecule has 1 amide bonds. The lowest BCUT2D eigenvalue weighted by Crippen LogP contribution is -2.34. The molecule has 0 aromatic heterocycles. The molecule has 0 spiro atoms. The van der Waals surface area contributed by atoms with Gasteiger partial charge in [-0.2, -0.15) is 0 Å². The average molecular weight is 337 g/mol. The number of carbonyl (C=O) groups excluding carboxylic acids is 2. The predicted octanol–water partition coefficient (Wildman–Crippen LogP) is 2.59. The van der Waals surface area contributed by atoms with E-state index < -0.39 is 12.1 Å². The van der Waals surface area contributed by atoms with Gasteiger partial charge in [0, 0.05) is 6.61 Å². The van der Waals surface area contributed by atoms with Crippen LogP contribution in [0, 0.1) is 0 Å². The third-order valence-corrected chi connectivity index (χ3v) is 4.68. The van der Waals surface area contributed by atoms with Gasteiger partial charge in [0.05, 0.1) is 6.04 Å². The monoisotopic (exact) mass is 337 g/mol. The lowest BCUT2D eigenvalue weighted by Gasteiger charge is -2.16. The third kappa shape index (κ3) is 3.03. The largest absolute Gasteiger partial charge is 0.454 e. The lowest BCUT2D eigenvalue weighted by molar-refractivity contribution is -0.157. The topological polar surface area (TPSA) is 64.6 Å². The summed E-state index contributed by atoms with van der Waals surface area (Å²) in [6.45, 7) is 0.279. The summed E-state index contributed by atoms with van der Waals surface area (Å²) in [7, 11) is 0. The summed E-state index contributed by atoms with van der Waals surface area (Å²) in [5.74, 6) is -0.775. The first-order valence-corrected chi connectivity index (χ1v) is 8.50. The van der Waals surface area contributed by atoms with E-state index in [-0.39, 0.29) is 18.6 Å². The molecule has 0 radical (unpaired) electrons. The van der Waals surface area contributed by atoms with Crippen molar-refractivity contribution >= 4 is 11.9 Å². The van der Waals surface area contributed by atoms with Crippen LogP contribution in [0.2, 0.25) is 0 Å². The van der Waals surface area contributed by atoms with E-state index >= 15 is 0 Å². The highest BCUT2D eigenvalue weighted by Gasteiger charge is 2.30. The van der Waals surface area contributed by atoms with Crippen LogP contribution in [-0.4, -0.2) is 31.2 Å². The quantitative estimate of drug-likeness (QED) is 0.871. The number of rotatable bonds is 4.